The summed E-state index contributed by atoms with van der Waals surface area (Å²) in [6.07, 6.45) is 3.66. The SMILES string of the molecule is Cc1ccc(CC23CC2CC2(C)NC(C)(c4ccccc42)c2ccccc23)cc1. The van der Waals surface area contributed by atoms with Gasteiger partial charge in [0.05, 0.1) is 5.54 Å². The monoisotopic (exact) mass is 379 g/mol. The Morgan fingerprint density at radius 3 is 2.03 bits per heavy atom. The van der Waals surface area contributed by atoms with E-state index in [0.717, 1.165) is 12.3 Å². The molecule has 1 aliphatic carbocycles. The van der Waals surface area contributed by atoms with Crippen LogP contribution in [0.3, 0.4) is 0 Å². The maximum atomic E-state index is 4.11. The second-order valence-corrected chi connectivity index (χ2v) is 10.1. The Hall–Kier alpha value is -2.38. The predicted octanol–water partition coefficient (Wildman–Crippen LogP) is 5.98. The molecule has 3 aliphatic rings. The molecule has 1 nitrogen and oxygen atoms in total. The molecule has 2 heterocycles. The minimum atomic E-state index is -0.129. The van der Waals surface area contributed by atoms with Gasteiger partial charge in [-0.25, -0.2) is 0 Å². The molecule has 6 rings (SSSR count). The van der Waals surface area contributed by atoms with Gasteiger partial charge in [-0.05, 0) is 73.8 Å². The van der Waals surface area contributed by atoms with Crippen LogP contribution in [-0.4, -0.2) is 0 Å². The second-order valence-electron chi connectivity index (χ2n) is 10.1. The van der Waals surface area contributed by atoms with Gasteiger partial charge in [-0.15, -0.1) is 0 Å². The largest absolute Gasteiger partial charge is 0.294 e. The normalized spacial score (nSPS) is 33.8. The van der Waals surface area contributed by atoms with Crippen LogP contribution in [0.25, 0.3) is 0 Å². The lowest BCUT2D eigenvalue weighted by molar-refractivity contribution is 0.264. The quantitative estimate of drug-likeness (QED) is 0.577. The Labute approximate surface area is 174 Å². The second kappa shape index (κ2) is 5.61. The highest BCUT2D eigenvalue weighted by atomic mass is 15.1. The number of hydrogen-bond donors (Lipinski definition) is 1. The van der Waals surface area contributed by atoms with Gasteiger partial charge in [-0.1, -0.05) is 78.4 Å². The zero-order valence-corrected chi connectivity index (χ0v) is 17.6. The smallest absolute Gasteiger partial charge is 0.0674 e. The summed E-state index contributed by atoms with van der Waals surface area (Å²) in [6.45, 7) is 7.01. The van der Waals surface area contributed by atoms with E-state index in [1.54, 1.807) is 5.56 Å². The summed E-state index contributed by atoms with van der Waals surface area (Å²) in [7, 11) is 0. The van der Waals surface area contributed by atoms with Crippen molar-refractivity contribution >= 4 is 0 Å². The lowest BCUT2D eigenvalue weighted by Crippen LogP contribution is -2.47. The first-order chi connectivity index (χ1) is 13.9. The van der Waals surface area contributed by atoms with E-state index in [1.165, 1.54) is 40.7 Å². The predicted molar refractivity (Wildman–Crippen MR) is 119 cm³/mol. The van der Waals surface area contributed by atoms with E-state index in [4.69, 9.17) is 0 Å². The molecule has 0 aromatic heterocycles. The van der Waals surface area contributed by atoms with E-state index >= 15 is 0 Å². The van der Waals surface area contributed by atoms with Crippen LogP contribution in [0.5, 0.6) is 0 Å². The van der Waals surface area contributed by atoms with Crippen molar-refractivity contribution in [1.29, 1.82) is 0 Å². The molecule has 1 N–H and O–H groups in total. The molecular weight excluding hydrogens is 350 g/mol. The zero-order chi connectivity index (χ0) is 19.9. The van der Waals surface area contributed by atoms with E-state index < -0.39 is 0 Å². The highest BCUT2D eigenvalue weighted by Crippen LogP contribution is 2.65. The Bertz CT molecular complexity index is 1110. The van der Waals surface area contributed by atoms with Gasteiger partial charge >= 0.3 is 0 Å². The molecule has 0 amide bonds. The molecular formula is C28H29N. The van der Waals surface area contributed by atoms with Crippen molar-refractivity contribution in [3.8, 4) is 0 Å². The molecule has 1 fully saturated rings. The Kier molecular flexibility index (Phi) is 3.38. The van der Waals surface area contributed by atoms with Crippen molar-refractivity contribution in [2.45, 2.75) is 56.5 Å². The Morgan fingerprint density at radius 2 is 1.34 bits per heavy atom. The number of hydrogen-bond acceptors (Lipinski definition) is 1. The first-order valence-corrected chi connectivity index (χ1v) is 11.0. The molecule has 146 valence electrons. The first-order valence-electron chi connectivity index (χ1n) is 11.0. The summed E-state index contributed by atoms with van der Waals surface area (Å²) in [5, 5.41) is 4.11. The molecule has 3 aromatic carbocycles. The third-order valence-corrected chi connectivity index (χ3v) is 8.12. The van der Waals surface area contributed by atoms with E-state index in [0.29, 0.717) is 0 Å². The van der Waals surface area contributed by atoms with Crippen molar-refractivity contribution in [3.63, 3.8) is 0 Å². The van der Waals surface area contributed by atoms with Crippen molar-refractivity contribution in [1.82, 2.24) is 5.32 Å². The molecule has 4 atom stereocenters. The van der Waals surface area contributed by atoms with Crippen molar-refractivity contribution in [2.24, 2.45) is 5.92 Å². The van der Waals surface area contributed by atoms with E-state index in [-0.39, 0.29) is 16.5 Å². The van der Waals surface area contributed by atoms with Crippen LogP contribution < -0.4 is 5.32 Å². The molecule has 0 spiro atoms. The number of rotatable bonds is 2. The molecule has 1 saturated carbocycles. The third kappa shape index (κ3) is 2.31. The fraction of sp³-hybridized carbons (Fsp3) is 0.357. The van der Waals surface area contributed by atoms with Gasteiger partial charge in [0.25, 0.3) is 0 Å². The lowest BCUT2D eigenvalue weighted by Gasteiger charge is -2.39. The van der Waals surface area contributed by atoms with Crippen LogP contribution >= 0.6 is 0 Å². The summed E-state index contributed by atoms with van der Waals surface area (Å²) in [5.74, 6) is 0.721. The number of aryl methyl sites for hydroxylation is 1. The fourth-order valence-electron chi connectivity index (χ4n) is 6.67. The van der Waals surface area contributed by atoms with E-state index in [2.05, 4.69) is 98.9 Å². The summed E-state index contributed by atoms with van der Waals surface area (Å²) in [5.41, 5.74) is 9.00. The topological polar surface area (TPSA) is 12.0 Å². The van der Waals surface area contributed by atoms with Crippen LogP contribution in [0.15, 0.2) is 72.8 Å². The van der Waals surface area contributed by atoms with Crippen LogP contribution in [0, 0.1) is 12.8 Å². The molecule has 1 heteroatoms. The molecule has 2 bridgehead atoms. The van der Waals surface area contributed by atoms with Gasteiger partial charge in [0.1, 0.15) is 0 Å². The number of fused-ring (bicyclic) bond motifs is 9. The average molecular weight is 380 g/mol. The Morgan fingerprint density at radius 1 is 0.759 bits per heavy atom. The molecule has 4 unspecified atom stereocenters. The summed E-state index contributed by atoms with van der Waals surface area (Å²) in [6, 6.07) is 27.6. The van der Waals surface area contributed by atoms with E-state index in [9.17, 15) is 0 Å². The number of nitrogens with one attached hydrogen (secondary N) is 1. The maximum Gasteiger partial charge on any atom is 0.0674 e. The fourth-order valence-corrected chi connectivity index (χ4v) is 6.67. The highest BCUT2D eigenvalue weighted by Gasteiger charge is 2.62. The summed E-state index contributed by atoms with van der Waals surface area (Å²) in [4.78, 5) is 0. The van der Waals surface area contributed by atoms with Crippen molar-refractivity contribution in [3.05, 3.63) is 106 Å². The third-order valence-electron chi connectivity index (χ3n) is 8.12. The molecule has 3 aromatic rings. The summed E-state index contributed by atoms with van der Waals surface area (Å²) < 4.78 is 0. The molecule has 0 radical (unpaired) electrons. The standard InChI is InChI=1S/C28H29N/c1-19-12-14-20(15-13-19)16-28-18-21(28)17-26(2)22-8-4-5-9-23(22)27(3,29-26)24-10-6-7-11-25(24)28/h4-15,21,29H,16-18H2,1-3H3. The Balaban J connectivity index is 1.55. The van der Waals surface area contributed by atoms with Crippen LogP contribution in [-0.2, 0) is 22.9 Å². The van der Waals surface area contributed by atoms with Crippen molar-refractivity contribution in [2.75, 3.05) is 0 Å². The van der Waals surface area contributed by atoms with Gasteiger partial charge in [0.2, 0.25) is 0 Å². The molecule has 2 aliphatic heterocycles. The average Bonchev–Trinajstić information content (AvgIpc) is 3.33. The van der Waals surface area contributed by atoms with Crippen molar-refractivity contribution < 1.29 is 0 Å². The van der Waals surface area contributed by atoms with Gasteiger partial charge < -0.3 is 0 Å². The van der Waals surface area contributed by atoms with Gasteiger partial charge in [0.15, 0.2) is 0 Å². The maximum absolute atomic E-state index is 4.11. The van der Waals surface area contributed by atoms with Gasteiger partial charge in [-0.3, -0.25) is 5.32 Å². The summed E-state index contributed by atoms with van der Waals surface area (Å²) >= 11 is 0. The highest BCUT2D eigenvalue weighted by molar-refractivity contribution is 5.57. The molecule has 29 heavy (non-hydrogen) atoms. The zero-order valence-electron chi connectivity index (χ0n) is 17.6. The van der Waals surface area contributed by atoms with Crippen LogP contribution in [0.1, 0.15) is 60.1 Å². The first kappa shape index (κ1) is 17.5. The van der Waals surface area contributed by atoms with Gasteiger partial charge in [0, 0.05) is 11.0 Å². The number of benzene rings is 3. The van der Waals surface area contributed by atoms with E-state index in [1.807, 2.05) is 0 Å². The minimum absolute atomic E-state index is 0.0402. The van der Waals surface area contributed by atoms with Crippen LogP contribution in [0.4, 0.5) is 0 Å². The molecule has 0 saturated heterocycles. The van der Waals surface area contributed by atoms with Crippen LogP contribution in [0.2, 0.25) is 0 Å². The lowest BCUT2D eigenvalue weighted by atomic mass is 9.75. The minimum Gasteiger partial charge on any atom is -0.294 e. The van der Waals surface area contributed by atoms with Gasteiger partial charge in [-0.2, -0.15) is 0 Å².